The molecule has 130 valence electrons. The number of fused-ring (bicyclic) bond motifs is 1. The molecule has 1 aromatic carbocycles. The maximum Gasteiger partial charge on any atom is 0.210 e. The molecular weight excluding hydrogens is 358 g/mol. The van der Waals surface area contributed by atoms with E-state index in [0.29, 0.717) is 31.1 Å². The van der Waals surface area contributed by atoms with Gasteiger partial charge >= 0.3 is 0 Å². The molecular formula is C18H17NO4S2. The number of ketones is 2. The molecule has 1 unspecified atom stereocenters. The molecule has 0 bridgehead atoms. The number of Topliss-reactive ketones (excluding diaryl/α,β-unsaturated/α-hetero) is 2. The van der Waals surface area contributed by atoms with Crippen molar-refractivity contribution in [1.29, 1.82) is 0 Å². The van der Waals surface area contributed by atoms with Crippen LogP contribution in [0.5, 0.6) is 5.75 Å². The molecule has 0 radical (unpaired) electrons. The number of hydrogen-bond acceptors (Lipinski definition) is 7. The number of thioether (sulfide) groups is 2. The Labute approximate surface area is 154 Å². The monoisotopic (exact) mass is 375 g/mol. The number of carbonyl (C=O) groups is 2. The van der Waals surface area contributed by atoms with E-state index in [1.165, 1.54) is 23.5 Å². The van der Waals surface area contributed by atoms with Gasteiger partial charge in [-0.05, 0) is 22.9 Å². The summed E-state index contributed by atoms with van der Waals surface area (Å²) in [5.41, 5.74) is 0.708. The molecule has 25 heavy (non-hydrogen) atoms. The van der Waals surface area contributed by atoms with Crippen LogP contribution >= 0.6 is 23.5 Å². The molecule has 1 atom stereocenters. The fraction of sp³-hybridized carbons (Fsp3) is 0.333. The van der Waals surface area contributed by atoms with E-state index in [2.05, 4.69) is 4.90 Å². The van der Waals surface area contributed by atoms with Gasteiger partial charge in [-0.1, -0.05) is 35.7 Å². The fourth-order valence-corrected chi connectivity index (χ4v) is 4.90. The van der Waals surface area contributed by atoms with Crippen molar-refractivity contribution in [2.24, 2.45) is 0 Å². The van der Waals surface area contributed by atoms with Crippen LogP contribution in [0.4, 0.5) is 0 Å². The third-order valence-electron chi connectivity index (χ3n) is 4.30. The standard InChI is InChI=1S/C18H17NO4S2/c20-16-12-3-1-2-4-13(12)23-14(11-19-5-7-22-8-6-19)17(21)15(16)18-24-9-10-25-18/h1-4,9-10,14H,5-8,11H2. The molecule has 0 saturated carbocycles. The first-order valence-electron chi connectivity index (χ1n) is 8.11. The SMILES string of the molecule is O=C1C(=C2SC=CS2)C(=O)C(CN2CCOCC2)Oc2ccccc21. The van der Waals surface area contributed by atoms with Crippen molar-refractivity contribution < 1.29 is 19.1 Å². The summed E-state index contributed by atoms with van der Waals surface area (Å²) in [6, 6.07) is 7.09. The van der Waals surface area contributed by atoms with Gasteiger partial charge in [-0.2, -0.15) is 0 Å². The number of hydrogen-bond donors (Lipinski definition) is 0. The van der Waals surface area contributed by atoms with Crippen LogP contribution in [0, 0.1) is 0 Å². The van der Waals surface area contributed by atoms with Crippen molar-refractivity contribution in [3.8, 4) is 5.75 Å². The highest BCUT2D eigenvalue weighted by molar-refractivity contribution is 8.27. The van der Waals surface area contributed by atoms with Gasteiger partial charge in [-0.25, -0.2) is 0 Å². The van der Waals surface area contributed by atoms with Gasteiger partial charge in [-0.3, -0.25) is 14.5 Å². The Hall–Kier alpha value is -1.54. The average Bonchev–Trinajstić information content (AvgIpc) is 3.13. The number of carbonyl (C=O) groups excluding carboxylic acids is 2. The molecule has 4 rings (SSSR count). The van der Waals surface area contributed by atoms with E-state index in [-0.39, 0.29) is 17.1 Å². The van der Waals surface area contributed by atoms with Gasteiger partial charge in [0.15, 0.2) is 6.10 Å². The van der Waals surface area contributed by atoms with Crippen LogP contribution in [0.15, 0.2) is 44.9 Å². The van der Waals surface area contributed by atoms with Crippen LogP contribution in [0.25, 0.3) is 0 Å². The third-order valence-corrected chi connectivity index (χ3v) is 6.43. The lowest BCUT2D eigenvalue weighted by molar-refractivity contribution is -0.122. The minimum absolute atomic E-state index is 0.230. The maximum absolute atomic E-state index is 13.2. The number of morpholine rings is 1. The van der Waals surface area contributed by atoms with Crippen LogP contribution in [0.1, 0.15) is 10.4 Å². The summed E-state index contributed by atoms with van der Waals surface area (Å²) in [6.07, 6.45) is -0.685. The van der Waals surface area contributed by atoms with E-state index < -0.39 is 6.10 Å². The summed E-state index contributed by atoms with van der Waals surface area (Å²) >= 11 is 2.84. The van der Waals surface area contributed by atoms with Crippen molar-refractivity contribution in [3.63, 3.8) is 0 Å². The molecule has 1 saturated heterocycles. The molecule has 0 amide bonds. The molecule has 0 aromatic heterocycles. The van der Waals surface area contributed by atoms with Gasteiger partial charge in [0.2, 0.25) is 11.6 Å². The second-order valence-corrected chi connectivity index (χ2v) is 7.97. The van der Waals surface area contributed by atoms with E-state index in [1.54, 1.807) is 18.2 Å². The molecule has 7 heteroatoms. The predicted molar refractivity (Wildman–Crippen MR) is 98.8 cm³/mol. The normalized spacial score (nSPS) is 24.2. The van der Waals surface area contributed by atoms with Gasteiger partial charge in [0.1, 0.15) is 5.75 Å². The molecule has 0 aliphatic carbocycles. The summed E-state index contributed by atoms with van der Waals surface area (Å²) in [7, 11) is 0. The summed E-state index contributed by atoms with van der Waals surface area (Å²) in [4.78, 5) is 28.3. The first-order valence-corrected chi connectivity index (χ1v) is 9.87. The molecule has 3 aliphatic heterocycles. The summed E-state index contributed by atoms with van der Waals surface area (Å²) in [6.45, 7) is 3.29. The zero-order valence-electron chi connectivity index (χ0n) is 13.5. The predicted octanol–water partition coefficient (Wildman–Crippen LogP) is 2.69. The van der Waals surface area contributed by atoms with Gasteiger partial charge in [-0.15, -0.1) is 0 Å². The lowest BCUT2D eigenvalue weighted by Gasteiger charge is -2.29. The topological polar surface area (TPSA) is 55.8 Å². The van der Waals surface area contributed by atoms with Crippen LogP contribution in [0.2, 0.25) is 0 Å². The van der Waals surface area contributed by atoms with Crippen LogP contribution < -0.4 is 4.74 Å². The Morgan fingerprint density at radius 3 is 2.56 bits per heavy atom. The maximum atomic E-state index is 13.2. The third kappa shape index (κ3) is 3.42. The number of benzene rings is 1. The molecule has 3 aliphatic rings. The highest BCUT2D eigenvalue weighted by atomic mass is 32.2. The minimum Gasteiger partial charge on any atom is -0.480 e. The van der Waals surface area contributed by atoms with E-state index in [9.17, 15) is 9.59 Å². The van der Waals surface area contributed by atoms with Gasteiger partial charge in [0.25, 0.3) is 0 Å². The van der Waals surface area contributed by atoms with Crippen LogP contribution in [-0.4, -0.2) is 55.4 Å². The Kier molecular flexibility index (Phi) is 4.98. The quantitative estimate of drug-likeness (QED) is 0.582. The molecule has 1 aromatic rings. The summed E-state index contributed by atoms with van der Waals surface area (Å²) in [5.74, 6) is 0.00540. The first kappa shape index (κ1) is 16.9. The highest BCUT2D eigenvalue weighted by Gasteiger charge is 2.38. The lowest BCUT2D eigenvalue weighted by atomic mass is 9.99. The number of ether oxygens (including phenoxy) is 2. The smallest absolute Gasteiger partial charge is 0.210 e. The van der Waals surface area contributed by atoms with Crippen LogP contribution in [0.3, 0.4) is 0 Å². The Bertz CT molecular complexity index is 758. The van der Waals surface area contributed by atoms with Crippen molar-refractivity contribution in [1.82, 2.24) is 4.90 Å². The molecule has 0 N–H and O–H groups in total. The summed E-state index contributed by atoms with van der Waals surface area (Å²) < 4.78 is 12.1. The van der Waals surface area contributed by atoms with E-state index in [1.807, 2.05) is 16.9 Å². The van der Waals surface area contributed by atoms with E-state index in [0.717, 1.165) is 17.3 Å². The second-order valence-electron chi connectivity index (χ2n) is 5.88. The van der Waals surface area contributed by atoms with Gasteiger partial charge in [0.05, 0.1) is 28.6 Å². The minimum atomic E-state index is -0.685. The molecule has 3 heterocycles. The highest BCUT2D eigenvalue weighted by Crippen LogP contribution is 2.42. The van der Waals surface area contributed by atoms with Crippen molar-refractivity contribution in [3.05, 3.63) is 50.5 Å². The Morgan fingerprint density at radius 2 is 1.80 bits per heavy atom. The van der Waals surface area contributed by atoms with Gasteiger partial charge in [0, 0.05) is 19.6 Å². The van der Waals surface area contributed by atoms with E-state index in [4.69, 9.17) is 9.47 Å². The van der Waals surface area contributed by atoms with Crippen molar-refractivity contribution in [2.45, 2.75) is 6.10 Å². The largest absolute Gasteiger partial charge is 0.480 e. The summed E-state index contributed by atoms with van der Waals surface area (Å²) in [5, 5.41) is 3.78. The fourth-order valence-electron chi connectivity index (χ4n) is 3.03. The Morgan fingerprint density at radius 1 is 1.08 bits per heavy atom. The number of para-hydroxylation sites is 1. The van der Waals surface area contributed by atoms with Crippen molar-refractivity contribution in [2.75, 3.05) is 32.8 Å². The molecule has 1 fully saturated rings. The zero-order chi connectivity index (χ0) is 17.2. The van der Waals surface area contributed by atoms with Crippen LogP contribution in [-0.2, 0) is 9.53 Å². The Balaban J connectivity index is 1.71. The second kappa shape index (κ2) is 7.37. The number of rotatable bonds is 2. The molecule has 0 spiro atoms. The lowest BCUT2D eigenvalue weighted by Crippen LogP contribution is -2.45. The zero-order valence-corrected chi connectivity index (χ0v) is 15.1. The number of nitrogens with zero attached hydrogens (tertiary/aromatic N) is 1. The average molecular weight is 375 g/mol. The van der Waals surface area contributed by atoms with Gasteiger partial charge < -0.3 is 9.47 Å². The molecule has 5 nitrogen and oxygen atoms in total. The van der Waals surface area contributed by atoms with E-state index >= 15 is 0 Å². The first-order chi connectivity index (χ1) is 12.2. The van der Waals surface area contributed by atoms with Crippen molar-refractivity contribution >= 4 is 35.1 Å².